The van der Waals surface area contributed by atoms with Crippen LogP contribution in [0.4, 0.5) is 0 Å². The van der Waals surface area contributed by atoms with Gasteiger partial charge in [0.2, 0.25) is 5.91 Å². The lowest BCUT2D eigenvalue weighted by Crippen LogP contribution is -2.39. The molecule has 4 heteroatoms. The maximum absolute atomic E-state index is 12.8. The molecule has 4 nitrogen and oxygen atoms in total. The molecule has 0 bridgehead atoms. The van der Waals surface area contributed by atoms with Crippen molar-refractivity contribution in [3.05, 3.63) is 42.7 Å². The summed E-state index contributed by atoms with van der Waals surface area (Å²) in [7, 11) is 0. The van der Waals surface area contributed by atoms with Gasteiger partial charge in [-0.15, -0.1) is 6.58 Å². The highest BCUT2D eigenvalue weighted by molar-refractivity contribution is 5.86. The van der Waals surface area contributed by atoms with E-state index in [0.29, 0.717) is 18.4 Å². The second kappa shape index (κ2) is 5.60. The molecule has 1 aromatic rings. The molecule has 2 aliphatic rings. The van der Waals surface area contributed by atoms with E-state index in [2.05, 4.69) is 29.5 Å². The van der Waals surface area contributed by atoms with Gasteiger partial charge in [-0.1, -0.05) is 19.1 Å². The van der Waals surface area contributed by atoms with Gasteiger partial charge in [-0.05, 0) is 24.0 Å². The summed E-state index contributed by atoms with van der Waals surface area (Å²) >= 11 is 0. The molecule has 3 heterocycles. The number of pyridine rings is 1. The predicted octanol–water partition coefficient (Wildman–Crippen LogP) is 1.94. The zero-order valence-corrected chi connectivity index (χ0v) is 12.7. The first-order chi connectivity index (χ1) is 10.2. The highest BCUT2D eigenvalue weighted by Crippen LogP contribution is 2.44. The first-order valence-corrected chi connectivity index (χ1v) is 7.67. The summed E-state index contributed by atoms with van der Waals surface area (Å²) in [5.74, 6) is 0.736. The van der Waals surface area contributed by atoms with E-state index in [4.69, 9.17) is 0 Å². The average molecular weight is 285 g/mol. The Hall–Kier alpha value is -1.68. The Morgan fingerprint density at radius 1 is 1.57 bits per heavy atom. The zero-order chi connectivity index (χ0) is 14.9. The topological polar surface area (TPSA) is 36.4 Å². The molecule has 1 amide bonds. The molecule has 0 radical (unpaired) electrons. The van der Waals surface area contributed by atoms with E-state index in [1.807, 2.05) is 23.2 Å². The summed E-state index contributed by atoms with van der Waals surface area (Å²) in [4.78, 5) is 21.3. The van der Waals surface area contributed by atoms with Gasteiger partial charge in [0.15, 0.2) is 0 Å². The molecular weight excluding hydrogens is 262 g/mol. The molecule has 0 saturated carbocycles. The first-order valence-electron chi connectivity index (χ1n) is 7.67. The fourth-order valence-electron chi connectivity index (χ4n) is 3.84. The van der Waals surface area contributed by atoms with Crippen molar-refractivity contribution in [3.8, 4) is 0 Å². The van der Waals surface area contributed by atoms with E-state index in [9.17, 15) is 4.79 Å². The lowest BCUT2D eigenvalue weighted by molar-refractivity contribution is -0.136. The van der Waals surface area contributed by atoms with Crippen molar-refractivity contribution in [2.75, 3.05) is 26.2 Å². The summed E-state index contributed by atoms with van der Waals surface area (Å²) in [6.45, 7) is 10.3. The van der Waals surface area contributed by atoms with Crippen molar-refractivity contribution >= 4 is 5.91 Å². The van der Waals surface area contributed by atoms with Gasteiger partial charge >= 0.3 is 0 Å². The number of amides is 1. The number of hydrogen-bond donors (Lipinski definition) is 0. The molecule has 1 aromatic heterocycles. The van der Waals surface area contributed by atoms with Crippen molar-refractivity contribution < 1.29 is 4.79 Å². The third-order valence-corrected chi connectivity index (χ3v) is 5.00. The van der Waals surface area contributed by atoms with Crippen LogP contribution in [0.25, 0.3) is 0 Å². The van der Waals surface area contributed by atoms with Gasteiger partial charge in [0.05, 0.1) is 5.41 Å². The third kappa shape index (κ3) is 2.48. The first kappa shape index (κ1) is 14.3. The Labute approximate surface area is 126 Å². The lowest BCUT2D eigenvalue weighted by Gasteiger charge is -2.26. The predicted molar refractivity (Wildman–Crippen MR) is 82.5 cm³/mol. The largest absolute Gasteiger partial charge is 0.338 e. The van der Waals surface area contributed by atoms with Gasteiger partial charge in [-0.3, -0.25) is 14.7 Å². The van der Waals surface area contributed by atoms with Gasteiger partial charge in [0, 0.05) is 45.1 Å². The Bertz CT molecular complexity index is 530. The Balaban J connectivity index is 1.71. The lowest BCUT2D eigenvalue weighted by atomic mass is 9.78. The molecule has 0 N–H and O–H groups in total. The number of nitrogens with zero attached hydrogens (tertiary/aromatic N) is 3. The maximum atomic E-state index is 12.8. The zero-order valence-electron chi connectivity index (χ0n) is 12.7. The molecule has 3 rings (SSSR count). The fourth-order valence-corrected chi connectivity index (χ4v) is 3.84. The van der Waals surface area contributed by atoms with Crippen LogP contribution in [0.2, 0.25) is 0 Å². The van der Waals surface area contributed by atoms with E-state index < -0.39 is 0 Å². The van der Waals surface area contributed by atoms with Crippen LogP contribution in [-0.4, -0.2) is 46.9 Å². The van der Waals surface area contributed by atoms with Crippen molar-refractivity contribution in [2.24, 2.45) is 11.3 Å². The van der Waals surface area contributed by atoms with Gasteiger partial charge in [-0.25, -0.2) is 0 Å². The van der Waals surface area contributed by atoms with Crippen molar-refractivity contribution in [1.82, 2.24) is 14.8 Å². The third-order valence-electron chi connectivity index (χ3n) is 5.00. The van der Waals surface area contributed by atoms with E-state index in [-0.39, 0.29) is 5.41 Å². The summed E-state index contributed by atoms with van der Waals surface area (Å²) in [5.41, 5.74) is 1.04. The van der Waals surface area contributed by atoms with Crippen LogP contribution in [0, 0.1) is 11.3 Å². The second-order valence-electron chi connectivity index (χ2n) is 6.38. The number of carbonyl (C=O) groups excluding carboxylic acids is 1. The summed E-state index contributed by atoms with van der Waals surface area (Å²) < 4.78 is 0. The standard InChI is InChI=1S/C17H23N3O/c1-3-8-20-9-6-17(16(20)21)13-19(11-14(17)2)12-15-5-4-7-18-10-15/h3-5,7,10,14H,1,6,8-9,11-13H2,2H3/t14-,17-/m1/s1. The molecule has 2 aliphatic heterocycles. The van der Waals surface area contributed by atoms with Crippen molar-refractivity contribution in [2.45, 2.75) is 19.9 Å². The van der Waals surface area contributed by atoms with Crippen molar-refractivity contribution in [1.29, 1.82) is 0 Å². The number of likely N-dealkylation sites (tertiary alicyclic amines) is 2. The summed E-state index contributed by atoms with van der Waals surface area (Å²) in [6.07, 6.45) is 6.51. The molecule has 0 unspecified atom stereocenters. The molecule has 112 valence electrons. The van der Waals surface area contributed by atoms with Crippen molar-refractivity contribution in [3.63, 3.8) is 0 Å². The second-order valence-corrected chi connectivity index (χ2v) is 6.38. The molecular formula is C17H23N3O. The number of carbonyl (C=O) groups is 1. The van der Waals surface area contributed by atoms with E-state index in [1.54, 1.807) is 6.20 Å². The minimum Gasteiger partial charge on any atom is -0.338 e. The molecule has 2 fully saturated rings. The molecule has 2 atom stereocenters. The van der Waals surface area contributed by atoms with Crippen LogP contribution in [0.1, 0.15) is 18.9 Å². The van der Waals surface area contributed by atoms with Crippen LogP contribution < -0.4 is 0 Å². The van der Waals surface area contributed by atoms with E-state index in [0.717, 1.165) is 32.6 Å². The minimum absolute atomic E-state index is 0.175. The van der Waals surface area contributed by atoms with Crippen LogP contribution in [0.3, 0.4) is 0 Å². The summed E-state index contributed by atoms with van der Waals surface area (Å²) in [6, 6.07) is 4.07. The van der Waals surface area contributed by atoms with Crippen LogP contribution in [0.15, 0.2) is 37.2 Å². The molecule has 0 aromatic carbocycles. The van der Waals surface area contributed by atoms with E-state index >= 15 is 0 Å². The van der Waals surface area contributed by atoms with Crippen LogP contribution >= 0.6 is 0 Å². The Kier molecular flexibility index (Phi) is 3.81. The van der Waals surface area contributed by atoms with Gasteiger partial charge in [0.1, 0.15) is 0 Å². The smallest absolute Gasteiger partial charge is 0.230 e. The fraction of sp³-hybridized carbons (Fsp3) is 0.529. The minimum atomic E-state index is -0.175. The monoisotopic (exact) mass is 285 g/mol. The van der Waals surface area contributed by atoms with Crippen LogP contribution in [0.5, 0.6) is 0 Å². The molecule has 21 heavy (non-hydrogen) atoms. The maximum Gasteiger partial charge on any atom is 0.230 e. The molecule has 2 saturated heterocycles. The van der Waals surface area contributed by atoms with Crippen LogP contribution in [-0.2, 0) is 11.3 Å². The number of aromatic nitrogens is 1. The normalized spacial score (nSPS) is 29.5. The highest BCUT2D eigenvalue weighted by Gasteiger charge is 2.54. The van der Waals surface area contributed by atoms with Gasteiger partial charge in [0.25, 0.3) is 0 Å². The van der Waals surface area contributed by atoms with Gasteiger partial charge in [-0.2, -0.15) is 0 Å². The SMILES string of the molecule is C=CCN1CC[C@]2(CN(Cc3cccnc3)C[C@H]2C)C1=O. The van der Waals surface area contributed by atoms with Gasteiger partial charge < -0.3 is 4.90 Å². The Morgan fingerprint density at radius 2 is 2.43 bits per heavy atom. The molecule has 0 aliphatic carbocycles. The van der Waals surface area contributed by atoms with E-state index in [1.165, 1.54) is 5.56 Å². The number of hydrogen-bond acceptors (Lipinski definition) is 3. The number of rotatable bonds is 4. The quantitative estimate of drug-likeness (QED) is 0.793. The highest BCUT2D eigenvalue weighted by atomic mass is 16.2. The Morgan fingerprint density at radius 3 is 3.14 bits per heavy atom. The summed E-state index contributed by atoms with van der Waals surface area (Å²) in [5, 5.41) is 0. The molecule has 1 spiro atoms. The average Bonchev–Trinajstić information content (AvgIpc) is 2.96.